The van der Waals surface area contributed by atoms with Gasteiger partial charge in [0.2, 0.25) is 0 Å². The van der Waals surface area contributed by atoms with Crippen LogP contribution in [0.2, 0.25) is 5.02 Å². The van der Waals surface area contributed by atoms with E-state index in [-0.39, 0.29) is 5.91 Å². The summed E-state index contributed by atoms with van der Waals surface area (Å²) in [6.45, 7) is 4.72. The fraction of sp³-hybridized carbons (Fsp3) is 0.136. The summed E-state index contributed by atoms with van der Waals surface area (Å²) in [5.74, 6) is 0.826. The zero-order valence-corrected chi connectivity index (χ0v) is 16.1. The molecule has 1 heterocycles. The molecule has 0 bridgehead atoms. The number of hydrogen-bond acceptors (Lipinski definition) is 4. The fourth-order valence-electron chi connectivity index (χ4n) is 2.65. The van der Waals surface area contributed by atoms with Gasteiger partial charge in [-0.25, -0.2) is 9.97 Å². The molecule has 28 heavy (non-hydrogen) atoms. The number of halogens is 1. The van der Waals surface area contributed by atoms with Crippen LogP contribution in [-0.2, 0) is 6.42 Å². The monoisotopic (exact) mass is 392 g/mol. The molecule has 0 saturated carbocycles. The molecular weight excluding hydrogens is 372 g/mol. The zero-order chi connectivity index (χ0) is 19.8. The van der Waals surface area contributed by atoms with Crippen molar-refractivity contribution < 1.29 is 4.79 Å². The van der Waals surface area contributed by atoms with Gasteiger partial charge in [0.05, 0.1) is 0 Å². The lowest BCUT2D eigenvalue weighted by Crippen LogP contribution is -2.27. The van der Waals surface area contributed by atoms with Gasteiger partial charge in [0.15, 0.2) is 5.82 Å². The fourth-order valence-corrected chi connectivity index (χ4v) is 2.86. The van der Waals surface area contributed by atoms with Crippen molar-refractivity contribution in [3.05, 3.63) is 89.6 Å². The summed E-state index contributed by atoms with van der Waals surface area (Å²) < 4.78 is 0. The Hall–Kier alpha value is -3.18. The quantitative estimate of drug-likeness (QED) is 0.559. The van der Waals surface area contributed by atoms with E-state index in [1.807, 2.05) is 54.6 Å². The minimum Gasteiger partial charge on any atom is -0.366 e. The summed E-state index contributed by atoms with van der Waals surface area (Å²) in [6, 6.07) is 18.8. The first kappa shape index (κ1) is 19.6. The second-order valence-corrected chi connectivity index (χ2v) is 6.57. The Labute approximate surface area is 169 Å². The molecule has 5 nitrogen and oxygen atoms in total. The van der Waals surface area contributed by atoms with Gasteiger partial charge >= 0.3 is 0 Å². The summed E-state index contributed by atoms with van der Waals surface area (Å²) in [6.07, 6.45) is 2.42. The number of nitrogens with one attached hydrogen (secondary N) is 2. The lowest BCUT2D eigenvalue weighted by atomic mass is 10.1. The van der Waals surface area contributed by atoms with Gasteiger partial charge in [-0.2, -0.15) is 0 Å². The maximum atomic E-state index is 12.6. The topological polar surface area (TPSA) is 66.9 Å². The standard InChI is InChI=1S/C22H21ClN4O/c1-2-12-24-20-15-19(26-21(27-20)17-8-4-3-5-9-17)22(28)25-13-11-16-7-6-10-18(23)14-16/h2-10,14-15H,1,11-13H2,(H,25,28)(H,24,26,27). The van der Waals surface area contributed by atoms with Gasteiger partial charge < -0.3 is 10.6 Å². The molecule has 0 radical (unpaired) electrons. The second-order valence-electron chi connectivity index (χ2n) is 6.13. The molecule has 0 aliphatic carbocycles. The van der Waals surface area contributed by atoms with Crippen LogP contribution in [0.25, 0.3) is 11.4 Å². The van der Waals surface area contributed by atoms with Crippen molar-refractivity contribution in [1.29, 1.82) is 0 Å². The average Bonchev–Trinajstić information content (AvgIpc) is 2.72. The Morgan fingerprint density at radius 3 is 2.64 bits per heavy atom. The maximum absolute atomic E-state index is 12.6. The number of carbonyl (C=O) groups excluding carboxylic acids is 1. The minimum absolute atomic E-state index is 0.247. The number of amides is 1. The van der Waals surface area contributed by atoms with Crippen LogP contribution in [0.4, 0.5) is 5.82 Å². The van der Waals surface area contributed by atoms with Gasteiger partial charge in [0.1, 0.15) is 11.5 Å². The molecule has 0 spiro atoms. The summed E-state index contributed by atoms with van der Waals surface area (Å²) in [7, 11) is 0. The molecule has 0 atom stereocenters. The molecule has 0 aliphatic heterocycles. The number of aromatic nitrogens is 2. The van der Waals surface area contributed by atoms with E-state index in [2.05, 4.69) is 27.2 Å². The highest BCUT2D eigenvalue weighted by Gasteiger charge is 2.12. The molecule has 3 rings (SSSR count). The lowest BCUT2D eigenvalue weighted by Gasteiger charge is -2.10. The summed E-state index contributed by atoms with van der Waals surface area (Å²) in [5, 5.41) is 6.72. The molecule has 6 heteroatoms. The SMILES string of the molecule is C=CCNc1cc(C(=O)NCCc2cccc(Cl)c2)nc(-c2ccccc2)n1. The van der Waals surface area contributed by atoms with Crippen molar-refractivity contribution in [2.24, 2.45) is 0 Å². The molecule has 142 valence electrons. The van der Waals surface area contributed by atoms with Crippen LogP contribution in [0.15, 0.2) is 73.3 Å². The van der Waals surface area contributed by atoms with Gasteiger partial charge in [-0.15, -0.1) is 6.58 Å². The third kappa shape index (κ3) is 5.41. The number of hydrogen-bond donors (Lipinski definition) is 2. The van der Waals surface area contributed by atoms with Crippen molar-refractivity contribution in [1.82, 2.24) is 15.3 Å². The van der Waals surface area contributed by atoms with Crippen molar-refractivity contribution in [3.8, 4) is 11.4 Å². The van der Waals surface area contributed by atoms with Crippen LogP contribution in [0.5, 0.6) is 0 Å². The molecule has 2 aromatic carbocycles. The lowest BCUT2D eigenvalue weighted by molar-refractivity contribution is 0.0949. The van der Waals surface area contributed by atoms with Crippen LogP contribution in [-0.4, -0.2) is 29.0 Å². The van der Waals surface area contributed by atoms with E-state index in [0.717, 1.165) is 11.1 Å². The Kier molecular flexibility index (Phi) is 6.76. The molecular formula is C22H21ClN4O. The normalized spacial score (nSPS) is 10.3. The predicted molar refractivity (Wildman–Crippen MR) is 114 cm³/mol. The van der Waals surface area contributed by atoms with Crippen molar-refractivity contribution in [2.45, 2.75) is 6.42 Å². The number of nitrogens with zero attached hydrogens (tertiary/aromatic N) is 2. The third-order valence-corrected chi connectivity index (χ3v) is 4.24. The number of benzene rings is 2. The first-order valence-corrected chi connectivity index (χ1v) is 9.35. The highest BCUT2D eigenvalue weighted by molar-refractivity contribution is 6.30. The molecule has 1 aromatic heterocycles. The molecule has 0 fully saturated rings. The number of anilines is 1. The third-order valence-electron chi connectivity index (χ3n) is 4.01. The van der Waals surface area contributed by atoms with Crippen LogP contribution >= 0.6 is 11.6 Å². The van der Waals surface area contributed by atoms with E-state index in [9.17, 15) is 4.79 Å². The van der Waals surface area contributed by atoms with Gasteiger partial charge in [-0.3, -0.25) is 4.79 Å². The van der Waals surface area contributed by atoms with E-state index in [1.54, 1.807) is 12.1 Å². The van der Waals surface area contributed by atoms with Gasteiger partial charge in [-0.05, 0) is 24.1 Å². The van der Waals surface area contributed by atoms with Gasteiger partial charge in [0, 0.05) is 29.7 Å². The Balaban J connectivity index is 1.75. The maximum Gasteiger partial charge on any atom is 0.270 e. The largest absolute Gasteiger partial charge is 0.366 e. The smallest absolute Gasteiger partial charge is 0.270 e. The molecule has 1 amide bonds. The summed E-state index contributed by atoms with van der Waals surface area (Å²) >= 11 is 6.00. The molecule has 0 unspecified atom stereocenters. The van der Waals surface area contributed by atoms with Crippen LogP contribution < -0.4 is 10.6 Å². The predicted octanol–water partition coefficient (Wildman–Crippen LogP) is 4.37. The van der Waals surface area contributed by atoms with E-state index >= 15 is 0 Å². The van der Waals surface area contributed by atoms with Crippen LogP contribution in [0, 0.1) is 0 Å². The molecule has 0 aliphatic rings. The zero-order valence-electron chi connectivity index (χ0n) is 15.4. The summed E-state index contributed by atoms with van der Waals surface area (Å²) in [5.41, 5.74) is 2.22. The highest BCUT2D eigenvalue weighted by atomic mass is 35.5. The van der Waals surface area contributed by atoms with Crippen LogP contribution in [0.3, 0.4) is 0 Å². The van der Waals surface area contributed by atoms with E-state index < -0.39 is 0 Å². The van der Waals surface area contributed by atoms with E-state index in [4.69, 9.17) is 11.6 Å². The second kappa shape index (κ2) is 9.67. The van der Waals surface area contributed by atoms with E-state index in [1.165, 1.54) is 0 Å². The molecule has 0 saturated heterocycles. The first-order valence-electron chi connectivity index (χ1n) is 8.97. The van der Waals surface area contributed by atoms with Gasteiger partial charge in [0.25, 0.3) is 5.91 Å². The van der Waals surface area contributed by atoms with Crippen molar-refractivity contribution >= 4 is 23.3 Å². The van der Waals surface area contributed by atoms with E-state index in [0.29, 0.717) is 41.9 Å². The Bertz CT molecular complexity index is 960. The number of rotatable bonds is 8. The molecule has 3 aromatic rings. The van der Waals surface area contributed by atoms with Crippen molar-refractivity contribution in [2.75, 3.05) is 18.4 Å². The number of carbonyl (C=O) groups is 1. The van der Waals surface area contributed by atoms with Gasteiger partial charge in [-0.1, -0.05) is 60.1 Å². The average molecular weight is 393 g/mol. The molecule has 2 N–H and O–H groups in total. The first-order chi connectivity index (χ1) is 13.7. The minimum atomic E-state index is -0.247. The Morgan fingerprint density at radius 1 is 1.07 bits per heavy atom. The van der Waals surface area contributed by atoms with Crippen molar-refractivity contribution in [3.63, 3.8) is 0 Å². The summed E-state index contributed by atoms with van der Waals surface area (Å²) in [4.78, 5) is 21.6. The Morgan fingerprint density at radius 2 is 1.89 bits per heavy atom. The van der Waals surface area contributed by atoms with Crippen LogP contribution in [0.1, 0.15) is 16.1 Å². The highest BCUT2D eigenvalue weighted by Crippen LogP contribution is 2.18.